The first-order valence-electron chi connectivity index (χ1n) is 8.06. The highest BCUT2D eigenvalue weighted by Crippen LogP contribution is 2.27. The van der Waals surface area contributed by atoms with Crippen LogP contribution in [0, 0.1) is 0 Å². The molecule has 0 fully saturated rings. The summed E-state index contributed by atoms with van der Waals surface area (Å²) in [5.41, 5.74) is 2.76. The van der Waals surface area contributed by atoms with E-state index in [4.69, 9.17) is 4.74 Å². The standard InChI is InChI=1S/C20H19N3O2/c1-2-25-19-11-7-6-10-18(19)22-17-12-15(13-21-14-17)20(24)23-16-8-4-3-5-9-16/h3-14,22H,2H2,1H3,(H,23,24). The third-order valence-corrected chi connectivity index (χ3v) is 3.50. The lowest BCUT2D eigenvalue weighted by molar-refractivity contribution is 0.102. The molecule has 0 saturated heterocycles. The van der Waals surface area contributed by atoms with Crippen LogP contribution in [0.25, 0.3) is 0 Å². The number of nitrogens with zero attached hydrogens (tertiary/aromatic N) is 1. The molecule has 0 atom stereocenters. The van der Waals surface area contributed by atoms with Gasteiger partial charge in [0.15, 0.2) is 0 Å². The van der Waals surface area contributed by atoms with Crippen molar-refractivity contribution in [2.24, 2.45) is 0 Å². The summed E-state index contributed by atoms with van der Waals surface area (Å²) in [6.45, 7) is 2.52. The molecule has 0 bridgehead atoms. The lowest BCUT2D eigenvalue weighted by Gasteiger charge is -2.12. The van der Waals surface area contributed by atoms with E-state index in [9.17, 15) is 4.79 Å². The Balaban J connectivity index is 1.77. The molecule has 0 aliphatic heterocycles. The van der Waals surface area contributed by atoms with Crippen molar-refractivity contribution in [3.05, 3.63) is 78.6 Å². The molecule has 5 nitrogen and oxygen atoms in total. The van der Waals surface area contributed by atoms with Gasteiger partial charge in [-0.1, -0.05) is 30.3 Å². The molecule has 3 aromatic rings. The van der Waals surface area contributed by atoms with E-state index < -0.39 is 0 Å². The van der Waals surface area contributed by atoms with Gasteiger partial charge in [0.1, 0.15) is 5.75 Å². The summed E-state index contributed by atoms with van der Waals surface area (Å²) in [6.07, 6.45) is 3.21. The summed E-state index contributed by atoms with van der Waals surface area (Å²) in [7, 11) is 0. The zero-order valence-corrected chi connectivity index (χ0v) is 13.9. The summed E-state index contributed by atoms with van der Waals surface area (Å²) in [4.78, 5) is 16.5. The molecule has 5 heteroatoms. The molecule has 2 N–H and O–H groups in total. The van der Waals surface area contributed by atoms with E-state index in [2.05, 4.69) is 15.6 Å². The Hall–Kier alpha value is -3.34. The normalized spacial score (nSPS) is 10.1. The maximum atomic E-state index is 12.4. The second-order valence-electron chi connectivity index (χ2n) is 5.34. The van der Waals surface area contributed by atoms with Gasteiger partial charge in [-0.05, 0) is 37.3 Å². The van der Waals surface area contributed by atoms with Crippen molar-refractivity contribution in [1.82, 2.24) is 4.98 Å². The molecular formula is C20H19N3O2. The fraction of sp³-hybridized carbons (Fsp3) is 0.100. The summed E-state index contributed by atoms with van der Waals surface area (Å²) < 4.78 is 5.60. The fourth-order valence-electron chi connectivity index (χ4n) is 2.36. The van der Waals surface area contributed by atoms with E-state index >= 15 is 0 Å². The molecule has 1 heterocycles. The highest BCUT2D eigenvalue weighted by atomic mass is 16.5. The Morgan fingerprint density at radius 3 is 2.56 bits per heavy atom. The van der Waals surface area contributed by atoms with Crippen LogP contribution in [0.4, 0.5) is 17.1 Å². The molecule has 1 aromatic heterocycles. The van der Waals surface area contributed by atoms with E-state index in [0.717, 1.165) is 17.1 Å². The van der Waals surface area contributed by atoms with Crippen LogP contribution >= 0.6 is 0 Å². The van der Waals surface area contributed by atoms with Crippen LogP contribution < -0.4 is 15.4 Å². The van der Waals surface area contributed by atoms with Gasteiger partial charge in [-0.2, -0.15) is 0 Å². The number of anilines is 3. The third-order valence-electron chi connectivity index (χ3n) is 3.50. The van der Waals surface area contributed by atoms with Gasteiger partial charge in [0, 0.05) is 11.9 Å². The smallest absolute Gasteiger partial charge is 0.257 e. The van der Waals surface area contributed by atoms with Crippen LogP contribution in [-0.4, -0.2) is 17.5 Å². The van der Waals surface area contributed by atoms with Crippen molar-refractivity contribution in [3.8, 4) is 5.75 Å². The zero-order valence-electron chi connectivity index (χ0n) is 13.9. The Labute approximate surface area is 146 Å². The number of hydrogen-bond acceptors (Lipinski definition) is 4. The van der Waals surface area contributed by atoms with Crippen LogP contribution in [0.2, 0.25) is 0 Å². The summed E-state index contributed by atoms with van der Waals surface area (Å²) in [5.74, 6) is 0.546. The minimum atomic E-state index is -0.208. The number of hydrogen-bond donors (Lipinski definition) is 2. The number of para-hydroxylation sites is 3. The number of amides is 1. The number of carbonyl (C=O) groups excluding carboxylic acids is 1. The molecule has 126 valence electrons. The topological polar surface area (TPSA) is 63.2 Å². The maximum absolute atomic E-state index is 12.4. The average molecular weight is 333 g/mol. The van der Waals surface area contributed by atoms with Crippen molar-refractivity contribution in [3.63, 3.8) is 0 Å². The lowest BCUT2D eigenvalue weighted by atomic mass is 10.2. The number of nitrogens with one attached hydrogen (secondary N) is 2. The number of rotatable bonds is 6. The van der Waals surface area contributed by atoms with Crippen LogP contribution in [0.5, 0.6) is 5.75 Å². The Morgan fingerprint density at radius 1 is 1.00 bits per heavy atom. The van der Waals surface area contributed by atoms with Gasteiger partial charge < -0.3 is 15.4 Å². The molecule has 0 spiro atoms. The van der Waals surface area contributed by atoms with Gasteiger partial charge in [0.2, 0.25) is 0 Å². The molecule has 1 amide bonds. The summed E-state index contributed by atoms with van der Waals surface area (Å²) in [5, 5.41) is 6.10. The number of ether oxygens (including phenoxy) is 1. The first-order chi connectivity index (χ1) is 12.3. The van der Waals surface area contributed by atoms with Gasteiger partial charge in [0.25, 0.3) is 5.91 Å². The highest BCUT2D eigenvalue weighted by molar-refractivity contribution is 6.04. The van der Waals surface area contributed by atoms with Gasteiger partial charge in [-0.25, -0.2) is 0 Å². The van der Waals surface area contributed by atoms with Crippen LogP contribution in [0.3, 0.4) is 0 Å². The largest absolute Gasteiger partial charge is 0.492 e. The summed E-state index contributed by atoms with van der Waals surface area (Å²) >= 11 is 0. The molecule has 3 rings (SSSR count). The molecule has 0 radical (unpaired) electrons. The van der Waals surface area contributed by atoms with E-state index in [0.29, 0.717) is 17.9 Å². The van der Waals surface area contributed by atoms with E-state index in [1.807, 2.05) is 61.5 Å². The minimum Gasteiger partial charge on any atom is -0.492 e. The maximum Gasteiger partial charge on any atom is 0.257 e. The Morgan fingerprint density at radius 2 is 1.76 bits per heavy atom. The number of benzene rings is 2. The first-order valence-corrected chi connectivity index (χ1v) is 8.06. The Bertz CT molecular complexity index is 850. The Kier molecular flexibility index (Phi) is 5.26. The molecule has 2 aromatic carbocycles. The second-order valence-corrected chi connectivity index (χ2v) is 5.34. The van der Waals surface area contributed by atoms with Crippen molar-refractivity contribution in [2.45, 2.75) is 6.92 Å². The monoisotopic (exact) mass is 333 g/mol. The zero-order chi connectivity index (χ0) is 17.5. The average Bonchev–Trinajstić information content (AvgIpc) is 2.65. The SMILES string of the molecule is CCOc1ccccc1Nc1cncc(C(=O)Nc2ccccc2)c1. The van der Waals surface area contributed by atoms with Gasteiger partial charge in [-0.15, -0.1) is 0 Å². The predicted molar refractivity (Wildman–Crippen MR) is 99.5 cm³/mol. The van der Waals surface area contributed by atoms with Crippen molar-refractivity contribution in [1.29, 1.82) is 0 Å². The van der Waals surface area contributed by atoms with Crippen molar-refractivity contribution in [2.75, 3.05) is 17.2 Å². The fourth-order valence-corrected chi connectivity index (χ4v) is 2.36. The second kappa shape index (κ2) is 7.97. The predicted octanol–water partition coefficient (Wildman–Crippen LogP) is 4.48. The number of pyridine rings is 1. The van der Waals surface area contributed by atoms with Crippen molar-refractivity contribution >= 4 is 23.0 Å². The van der Waals surface area contributed by atoms with E-state index in [-0.39, 0.29) is 5.91 Å². The molecular weight excluding hydrogens is 314 g/mol. The highest BCUT2D eigenvalue weighted by Gasteiger charge is 2.09. The number of aromatic nitrogens is 1. The summed E-state index contributed by atoms with van der Waals surface area (Å²) in [6, 6.07) is 18.7. The molecule has 0 unspecified atom stereocenters. The number of carbonyl (C=O) groups is 1. The van der Waals surface area contributed by atoms with Gasteiger partial charge in [0.05, 0.1) is 29.7 Å². The van der Waals surface area contributed by atoms with E-state index in [1.54, 1.807) is 12.3 Å². The molecule has 25 heavy (non-hydrogen) atoms. The third kappa shape index (κ3) is 4.35. The molecule has 0 aliphatic rings. The van der Waals surface area contributed by atoms with E-state index in [1.165, 1.54) is 6.20 Å². The van der Waals surface area contributed by atoms with Crippen molar-refractivity contribution < 1.29 is 9.53 Å². The lowest BCUT2D eigenvalue weighted by Crippen LogP contribution is -2.12. The van der Waals surface area contributed by atoms with Gasteiger partial charge >= 0.3 is 0 Å². The minimum absolute atomic E-state index is 0.208. The van der Waals surface area contributed by atoms with Crippen LogP contribution in [0.15, 0.2) is 73.1 Å². The van der Waals surface area contributed by atoms with Crippen LogP contribution in [0.1, 0.15) is 17.3 Å². The van der Waals surface area contributed by atoms with Gasteiger partial charge in [-0.3, -0.25) is 9.78 Å². The first kappa shape index (κ1) is 16.5. The quantitative estimate of drug-likeness (QED) is 0.698. The molecule has 0 aliphatic carbocycles. The van der Waals surface area contributed by atoms with Crippen LogP contribution in [-0.2, 0) is 0 Å². The molecule has 0 saturated carbocycles.